The normalized spacial score (nSPS) is 10.1. The van der Waals surface area contributed by atoms with Gasteiger partial charge in [0.2, 0.25) is 5.91 Å². The number of rotatable bonds is 7. The number of benzene rings is 1. The molecule has 18 heavy (non-hydrogen) atoms. The van der Waals surface area contributed by atoms with Crippen LogP contribution in [0.15, 0.2) is 24.3 Å². The standard InChI is InChI=1S/C12H15NO4S/c14-6-5-9-1-3-10(4-2-9)13-11(15)7-18-8-12(16)17/h1-4,14H,5-8H2,(H,13,15)(H,16,17). The summed E-state index contributed by atoms with van der Waals surface area (Å²) in [5.74, 6) is -1.12. The molecule has 3 N–H and O–H groups in total. The molecule has 5 nitrogen and oxygen atoms in total. The first-order valence-corrected chi connectivity index (χ1v) is 6.56. The Kier molecular flexibility index (Phi) is 6.24. The third-order valence-corrected chi connectivity index (χ3v) is 3.01. The molecule has 0 heterocycles. The molecule has 0 unspecified atom stereocenters. The first-order chi connectivity index (χ1) is 8.61. The van der Waals surface area contributed by atoms with Crippen LogP contribution in [-0.4, -0.2) is 40.2 Å². The molecule has 0 aliphatic heterocycles. The Hall–Kier alpha value is -1.53. The zero-order valence-electron chi connectivity index (χ0n) is 9.76. The van der Waals surface area contributed by atoms with Crippen LogP contribution in [-0.2, 0) is 16.0 Å². The van der Waals surface area contributed by atoms with Crippen molar-refractivity contribution in [1.29, 1.82) is 0 Å². The van der Waals surface area contributed by atoms with E-state index in [0.717, 1.165) is 17.3 Å². The van der Waals surface area contributed by atoms with Crippen molar-refractivity contribution in [2.24, 2.45) is 0 Å². The van der Waals surface area contributed by atoms with Crippen LogP contribution in [0.25, 0.3) is 0 Å². The second-order valence-electron chi connectivity index (χ2n) is 3.61. The van der Waals surface area contributed by atoms with Gasteiger partial charge in [-0.15, -0.1) is 11.8 Å². The summed E-state index contributed by atoms with van der Waals surface area (Å²) in [4.78, 5) is 21.7. The number of carbonyl (C=O) groups excluding carboxylic acids is 1. The van der Waals surface area contributed by atoms with E-state index in [4.69, 9.17) is 10.2 Å². The van der Waals surface area contributed by atoms with Crippen molar-refractivity contribution in [3.8, 4) is 0 Å². The molecule has 0 radical (unpaired) electrons. The highest BCUT2D eigenvalue weighted by molar-refractivity contribution is 8.00. The highest BCUT2D eigenvalue weighted by atomic mass is 32.2. The molecule has 6 heteroatoms. The molecule has 0 spiro atoms. The molecule has 1 rings (SSSR count). The summed E-state index contributed by atoms with van der Waals surface area (Å²) in [6.45, 7) is 0.0948. The quantitative estimate of drug-likeness (QED) is 0.687. The molecular formula is C12H15NO4S. The van der Waals surface area contributed by atoms with Gasteiger partial charge < -0.3 is 15.5 Å². The van der Waals surface area contributed by atoms with Crippen molar-refractivity contribution in [1.82, 2.24) is 0 Å². The van der Waals surface area contributed by atoms with E-state index in [0.29, 0.717) is 12.1 Å². The second kappa shape index (κ2) is 7.73. The fourth-order valence-electron chi connectivity index (χ4n) is 1.31. The van der Waals surface area contributed by atoms with Crippen molar-refractivity contribution in [3.63, 3.8) is 0 Å². The van der Waals surface area contributed by atoms with E-state index in [1.54, 1.807) is 12.1 Å². The predicted molar refractivity (Wildman–Crippen MR) is 70.8 cm³/mol. The predicted octanol–water partition coefficient (Wildman–Crippen LogP) is 0.978. The number of hydrogen-bond donors (Lipinski definition) is 3. The fraction of sp³-hybridized carbons (Fsp3) is 0.333. The van der Waals surface area contributed by atoms with E-state index in [9.17, 15) is 9.59 Å². The van der Waals surface area contributed by atoms with Crippen LogP contribution < -0.4 is 5.32 Å². The maximum atomic E-state index is 11.4. The number of carboxylic acid groups (broad SMARTS) is 1. The topological polar surface area (TPSA) is 86.6 Å². The Bertz CT molecular complexity index is 405. The van der Waals surface area contributed by atoms with E-state index in [1.807, 2.05) is 12.1 Å². The maximum absolute atomic E-state index is 11.4. The summed E-state index contributed by atoms with van der Waals surface area (Å²) in [5, 5.41) is 19.8. The first-order valence-electron chi connectivity index (χ1n) is 5.41. The number of hydrogen-bond acceptors (Lipinski definition) is 4. The van der Waals surface area contributed by atoms with Crippen LogP contribution in [0, 0.1) is 0 Å². The summed E-state index contributed by atoms with van der Waals surface area (Å²) in [6.07, 6.45) is 0.586. The molecule has 0 bridgehead atoms. The molecule has 0 saturated heterocycles. The van der Waals surface area contributed by atoms with Gasteiger partial charge in [0.25, 0.3) is 0 Å². The van der Waals surface area contributed by atoms with Gasteiger partial charge in [0.15, 0.2) is 0 Å². The number of aliphatic carboxylic acids is 1. The third-order valence-electron chi connectivity index (χ3n) is 2.10. The van der Waals surface area contributed by atoms with Gasteiger partial charge >= 0.3 is 5.97 Å². The van der Waals surface area contributed by atoms with Crippen molar-refractivity contribution < 1.29 is 19.8 Å². The minimum Gasteiger partial charge on any atom is -0.481 e. The molecule has 0 fully saturated rings. The van der Waals surface area contributed by atoms with E-state index in [2.05, 4.69) is 5.32 Å². The Labute approximate surface area is 109 Å². The molecule has 0 atom stereocenters. The number of aliphatic hydroxyl groups is 1. The van der Waals surface area contributed by atoms with Gasteiger partial charge in [0.05, 0.1) is 11.5 Å². The minimum absolute atomic E-state index is 0.0805. The molecule has 1 amide bonds. The fourth-order valence-corrected chi connectivity index (χ4v) is 1.85. The van der Waals surface area contributed by atoms with Gasteiger partial charge in [-0.2, -0.15) is 0 Å². The Balaban J connectivity index is 2.37. The van der Waals surface area contributed by atoms with Crippen LogP contribution in [0.3, 0.4) is 0 Å². The monoisotopic (exact) mass is 269 g/mol. The molecule has 0 aliphatic rings. The second-order valence-corrected chi connectivity index (χ2v) is 4.59. The van der Waals surface area contributed by atoms with Gasteiger partial charge in [-0.25, -0.2) is 0 Å². The number of amides is 1. The largest absolute Gasteiger partial charge is 0.481 e. The van der Waals surface area contributed by atoms with Gasteiger partial charge in [-0.1, -0.05) is 12.1 Å². The Morgan fingerprint density at radius 1 is 1.17 bits per heavy atom. The molecule has 1 aromatic carbocycles. The van der Waals surface area contributed by atoms with E-state index < -0.39 is 5.97 Å². The lowest BCUT2D eigenvalue weighted by molar-refractivity contribution is -0.133. The number of carbonyl (C=O) groups is 2. The number of nitrogens with one attached hydrogen (secondary N) is 1. The first kappa shape index (κ1) is 14.5. The van der Waals surface area contributed by atoms with Gasteiger partial charge in [-0.3, -0.25) is 9.59 Å². The van der Waals surface area contributed by atoms with Crippen LogP contribution in [0.2, 0.25) is 0 Å². The third kappa shape index (κ3) is 5.70. The van der Waals surface area contributed by atoms with Crippen LogP contribution in [0.5, 0.6) is 0 Å². The lowest BCUT2D eigenvalue weighted by Crippen LogP contribution is -2.15. The summed E-state index contributed by atoms with van der Waals surface area (Å²) >= 11 is 1.06. The summed E-state index contributed by atoms with van der Waals surface area (Å²) in [7, 11) is 0. The number of thioether (sulfide) groups is 1. The lowest BCUT2D eigenvalue weighted by atomic mass is 10.1. The number of carboxylic acids is 1. The molecule has 0 saturated carbocycles. The molecule has 1 aromatic rings. The lowest BCUT2D eigenvalue weighted by Gasteiger charge is -2.05. The van der Waals surface area contributed by atoms with Crippen LogP contribution in [0.1, 0.15) is 5.56 Å². The molecular weight excluding hydrogens is 254 g/mol. The van der Waals surface area contributed by atoms with Gasteiger partial charge in [-0.05, 0) is 24.1 Å². The SMILES string of the molecule is O=C(O)CSCC(=O)Nc1ccc(CCO)cc1. The minimum atomic E-state index is -0.929. The highest BCUT2D eigenvalue weighted by Crippen LogP contribution is 2.10. The smallest absolute Gasteiger partial charge is 0.313 e. The summed E-state index contributed by atoms with van der Waals surface area (Å²) in [6, 6.07) is 7.17. The maximum Gasteiger partial charge on any atom is 0.313 e. The number of anilines is 1. The summed E-state index contributed by atoms with van der Waals surface area (Å²) < 4.78 is 0. The molecule has 0 aliphatic carbocycles. The van der Waals surface area contributed by atoms with Crippen LogP contribution >= 0.6 is 11.8 Å². The van der Waals surface area contributed by atoms with Crippen molar-refractivity contribution in [2.75, 3.05) is 23.4 Å². The van der Waals surface area contributed by atoms with E-state index >= 15 is 0 Å². The van der Waals surface area contributed by atoms with Crippen molar-refractivity contribution in [3.05, 3.63) is 29.8 Å². The average Bonchev–Trinajstić information content (AvgIpc) is 2.31. The van der Waals surface area contributed by atoms with Crippen LogP contribution in [0.4, 0.5) is 5.69 Å². The Morgan fingerprint density at radius 3 is 2.39 bits per heavy atom. The Morgan fingerprint density at radius 2 is 1.83 bits per heavy atom. The molecule has 98 valence electrons. The van der Waals surface area contributed by atoms with Gasteiger partial charge in [0, 0.05) is 12.3 Å². The zero-order valence-corrected chi connectivity index (χ0v) is 10.6. The van der Waals surface area contributed by atoms with Crippen molar-refractivity contribution in [2.45, 2.75) is 6.42 Å². The van der Waals surface area contributed by atoms with E-state index in [-0.39, 0.29) is 24.0 Å². The van der Waals surface area contributed by atoms with Gasteiger partial charge in [0.1, 0.15) is 0 Å². The number of aliphatic hydroxyl groups excluding tert-OH is 1. The summed E-state index contributed by atoms with van der Waals surface area (Å²) in [5.41, 5.74) is 1.66. The molecule has 0 aromatic heterocycles. The zero-order chi connectivity index (χ0) is 13.4. The average molecular weight is 269 g/mol. The highest BCUT2D eigenvalue weighted by Gasteiger charge is 2.04. The van der Waals surface area contributed by atoms with E-state index in [1.165, 1.54) is 0 Å². The van der Waals surface area contributed by atoms with Crippen molar-refractivity contribution >= 4 is 29.3 Å².